The number of alkyl halides is 8. The summed E-state index contributed by atoms with van der Waals surface area (Å²) in [6, 6.07) is 4.69. The molecule has 0 radical (unpaired) electrons. The van der Waals surface area contributed by atoms with E-state index in [4.69, 9.17) is 9.90 Å². The maximum Gasteiger partial charge on any atom is 0.490 e. The number of nitrogens with one attached hydrogen (secondary N) is 1. The number of carboxylic acid groups (broad SMARTS) is 1. The zero-order chi connectivity index (χ0) is 28.5. The summed E-state index contributed by atoms with van der Waals surface area (Å²) in [5.74, 6) is -9.94. The van der Waals surface area contributed by atoms with Gasteiger partial charge in [0.15, 0.2) is 5.82 Å². The lowest BCUT2D eigenvalue weighted by molar-refractivity contribution is -0.249. The molecule has 0 bridgehead atoms. The summed E-state index contributed by atoms with van der Waals surface area (Å²) in [5, 5.41) is 14.5. The highest BCUT2D eigenvalue weighted by Gasteiger charge is 2.63. The van der Waals surface area contributed by atoms with E-state index in [2.05, 4.69) is 10.4 Å². The van der Waals surface area contributed by atoms with Crippen molar-refractivity contribution >= 4 is 34.3 Å². The Morgan fingerprint density at radius 2 is 1.71 bits per heavy atom. The van der Waals surface area contributed by atoms with Crippen LogP contribution in [0.5, 0.6) is 0 Å². The van der Waals surface area contributed by atoms with Gasteiger partial charge in [-0.05, 0) is 42.8 Å². The van der Waals surface area contributed by atoms with Crippen LogP contribution in [0.2, 0.25) is 0 Å². The van der Waals surface area contributed by atoms with Crippen LogP contribution in [0.15, 0.2) is 41.5 Å². The van der Waals surface area contributed by atoms with Crippen LogP contribution in [0.3, 0.4) is 0 Å². The quantitative estimate of drug-likeness (QED) is 0.405. The lowest BCUT2D eigenvalue weighted by Gasteiger charge is -2.23. The number of hydrogen-bond acceptors (Lipinski definition) is 5. The average Bonchev–Trinajstić information content (AvgIpc) is 3.47. The van der Waals surface area contributed by atoms with Crippen molar-refractivity contribution in [3.8, 4) is 0 Å². The molecule has 5 nitrogen and oxygen atoms in total. The molecule has 2 aliphatic heterocycles. The number of rotatable bonds is 4. The normalized spacial score (nSPS) is 18.5. The van der Waals surface area contributed by atoms with Gasteiger partial charge in [0.05, 0.1) is 11.7 Å². The van der Waals surface area contributed by atoms with Gasteiger partial charge in [-0.25, -0.2) is 13.6 Å². The Hall–Kier alpha value is -3.14. The fraction of sp³-hybridized carbons (Fsp3) is 0.364. The minimum Gasteiger partial charge on any atom is -0.475 e. The topological polar surface area (TPSA) is 64.9 Å². The first-order chi connectivity index (χ1) is 17.5. The molecule has 0 saturated heterocycles. The molecule has 2 aliphatic rings. The fourth-order valence-electron chi connectivity index (χ4n) is 3.53. The fourth-order valence-corrected chi connectivity index (χ4v) is 4.69. The SMILES string of the molecule is Fc1ccc(N2N=C(C(F)(F)C(F)(F)F)CC2c2ccc(C3=CCNCC3)s2)c(F)c1.O=C(O)C(F)(F)F. The van der Waals surface area contributed by atoms with Gasteiger partial charge in [0, 0.05) is 28.8 Å². The van der Waals surface area contributed by atoms with E-state index in [-0.39, 0.29) is 5.69 Å². The third-order valence-corrected chi connectivity index (χ3v) is 6.63. The number of aliphatic carboxylic acids is 1. The van der Waals surface area contributed by atoms with E-state index in [0.29, 0.717) is 17.5 Å². The highest BCUT2D eigenvalue weighted by molar-refractivity contribution is 7.13. The number of hydrazone groups is 1. The molecule has 0 amide bonds. The van der Waals surface area contributed by atoms with Crippen LogP contribution in [-0.4, -0.2) is 48.2 Å². The van der Waals surface area contributed by atoms with E-state index in [1.165, 1.54) is 11.3 Å². The van der Waals surface area contributed by atoms with E-state index in [0.717, 1.165) is 40.6 Å². The van der Waals surface area contributed by atoms with Crippen LogP contribution < -0.4 is 10.3 Å². The highest BCUT2D eigenvalue weighted by Crippen LogP contribution is 2.46. The number of carbonyl (C=O) groups is 1. The Morgan fingerprint density at radius 1 is 1.05 bits per heavy atom. The summed E-state index contributed by atoms with van der Waals surface area (Å²) in [7, 11) is 0. The van der Waals surface area contributed by atoms with Crippen molar-refractivity contribution in [3.63, 3.8) is 0 Å². The van der Waals surface area contributed by atoms with Crippen molar-refractivity contribution in [3.05, 3.63) is 57.8 Å². The highest BCUT2D eigenvalue weighted by atomic mass is 32.1. The van der Waals surface area contributed by atoms with Gasteiger partial charge in [-0.1, -0.05) is 6.08 Å². The van der Waals surface area contributed by atoms with Crippen LogP contribution in [0, 0.1) is 11.6 Å². The smallest absolute Gasteiger partial charge is 0.475 e. The molecule has 1 unspecified atom stereocenters. The monoisotopic (exact) mass is 577 g/mol. The maximum absolute atomic E-state index is 14.4. The first-order valence-electron chi connectivity index (χ1n) is 10.6. The molecule has 208 valence electrons. The minimum absolute atomic E-state index is 0.379. The summed E-state index contributed by atoms with van der Waals surface area (Å²) in [6.07, 6.45) is -8.95. The van der Waals surface area contributed by atoms with Crippen molar-refractivity contribution in [2.45, 2.75) is 37.2 Å². The van der Waals surface area contributed by atoms with Crippen molar-refractivity contribution < 1.29 is 53.8 Å². The Balaban J connectivity index is 0.000000505. The van der Waals surface area contributed by atoms with Gasteiger partial charge in [-0.2, -0.15) is 40.2 Å². The predicted molar refractivity (Wildman–Crippen MR) is 118 cm³/mol. The molecule has 2 aromatic rings. The number of halogens is 10. The van der Waals surface area contributed by atoms with E-state index in [1.54, 1.807) is 12.1 Å². The molecule has 1 atom stereocenters. The zero-order valence-electron chi connectivity index (χ0n) is 18.8. The van der Waals surface area contributed by atoms with Gasteiger partial charge in [0.25, 0.3) is 0 Å². The molecule has 0 aliphatic carbocycles. The lowest BCUT2D eigenvalue weighted by atomic mass is 10.0. The summed E-state index contributed by atoms with van der Waals surface area (Å²) in [5.41, 5.74) is -0.755. The second kappa shape index (κ2) is 10.9. The second-order valence-electron chi connectivity index (χ2n) is 7.97. The van der Waals surface area contributed by atoms with Crippen molar-refractivity contribution in [2.75, 3.05) is 18.1 Å². The third-order valence-electron chi connectivity index (χ3n) is 5.36. The zero-order valence-corrected chi connectivity index (χ0v) is 19.6. The molecule has 1 aromatic heterocycles. The molecule has 1 aromatic carbocycles. The first kappa shape index (κ1) is 29.4. The Kier molecular flexibility index (Phi) is 8.45. The van der Waals surface area contributed by atoms with E-state index < -0.39 is 54.1 Å². The Labute approximate surface area is 212 Å². The molecular formula is C22H17F10N3O2S. The number of benzene rings is 1. The number of anilines is 1. The number of thiophene rings is 1. The molecule has 3 heterocycles. The van der Waals surface area contributed by atoms with Crippen molar-refractivity contribution in [1.29, 1.82) is 0 Å². The summed E-state index contributed by atoms with van der Waals surface area (Å²) in [6.45, 7) is 1.43. The number of hydrogen-bond donors (Lipinski definition) is 2. The average molecular weight is 577 g/mol. The van der Waals surface area contributed by atoms with Gasteiger partial charge < -0.3 is 10.4 Å². The van der Waals surface area contributed by atoms with Gasteiger partial charge in [0.1, 0.15) is 11.5 Å². The van der Waals surface area contributed by atoms with Gasteiger partial charge in [-0.15, -0.1) is 11.3 Å². The van der Waals surface area contributed by atoms with Gasteiger partial charge in [0.2, 0.25) is 0 Å². The molecule has 0 spiro atoms. The second-order valence-corrected chi connectivity index (χ2v) is 9.08. The first-order valence-corrected chi connectivity index (χ1v) is 11.4. The number of carboxylic acids is 1. The molecule has 38 heavy (non-hydrogen) atoms. The lowest BCUT2D eigenvalue weighted by Crippen LogP contribution is -2.43. The van der Waals surface area contributed by atoms with E-state index in [9.17, 15) is 43.9 Å². The summed E-state index contributed by atoms with van der Waals surface area (Å²) >= 11 is 1.23. The van der Waals surface area contributed by atoms with Crippen LogP contribution in [0.1, 0.15) is 28.6 Å². The summed E-state index contributed by atoms with van der Waals surface area (Å²) in [4.78, 5) is 10.2. The summed E-state index contributed by atoms with van der Waals surface area (Å²) < 4.78 is 126. The Morgan fingerprint density at radius 3 is 2.24 bits per heavy atom. The standard InChI is InChI=1S/C20H16F7N3S.C2HF3O2/c21-12-1-2-14(13(22)9-12)30-15(10-18(29-30)19(23,24)20(25,26)27)17-4-3-16(31-17)11-5-7-28-8-6-11;3-2(4,5)1(6)7/h1-5,9,15,28H,6-8,10H2;(H,6,7). The van der Waals surface area contributed by atoms with Crippen LogP contribution >= 0.6 is 11.3 Å². The molecule has 4 rings (SSSR count). The van der Waals surface area contributed by atoms with Crippen molar-refractivity contribution in [2.24, 2.45) is 5.10 Å². The molecule has 0 saturated carbocycles. The Bertz CT molecular complexity index is 1240. The van der Waals surface area contributed by atoms with Crippen LogP contribution in [0.4, 0.5) is 49.6 Å². The predicted octanol–water partition coefficient (Wildman–Crippen LogP) is 6.54. The van der Waals surface area contributed by atoms with E-state index in [1.807, 2.05) is 6.08 Å². The van der Waals surface area contributed by atoms with E-state index >= 15 is 0 Å². The molecule has 0 fully saturated rings. The van der Waals surface area contributed by atoms with Gasteiger partial charge in [-0.3, -0.25) is 5.01 Å². The van der Waals surface area contributed by atoms with Crippen LogP contribution in [0.25, 0.3) is 5.57 Å². The third kappa shape index (κ3) is 6.46. The molecule has 16 heteroatoms. The maximum atomic E-state index is 14.4. The van der Waals surface area contributed by atoms with Crippen LogP contribution in [-0.2, 0) is 4.79 Å². The largest absolute Gasteiger partial charge is 0.490 e. The van der Waals surface area contributed by atoms with Crippen molar-refractivity contribution in [1.82, 2.24) is 5.32 Å². The number of nitrogens with zero attached hydrogens (tertiary/aromatic N) is 2. The van der Waals surface area contributed by atoms with Gasteiger partial charge >= 0.3 is 24.2 Å². The minimum atomic E-state index is -5.84. The molecule has 2 N–H and O–H groups in total. The molecular weight excluding hydrogens is 560 g/mol.